The normalized spacial score (nSPS) is 12.7. The van der Waals surface area contributed by atoms with Crippen molar-refractivity contribution in [2.75, 3.05) is 13.7 Å². The van der Waals surface area contributed by atoms with E-state index < -0.39 is 23.5 Å². The molecule has 0 fully saturated rings. The van der Waals surface area contributed by atoms with E-state index >= 15 is 0 Å². The second kappa shape index (κ2) is 6.59. The number of nitrogens with zero attached hydrogens (tertiary/aromatic N) is 2. The van der Waals surface area contributed by atoms with Crippen molar-refractivity contribution in [1.82, 2.24) is 9.78 Å². The molecule has 2 aromatic rings. The van der Waals surface area contributed by atoms with Crippen LogP contribution in [-0.4, -0.2) is 23.5 Å². The zero-order valence-corrected chi connectivity index (χ0v) is 12.7. The van der Waals surface area contributed by atoms with Crippen molar-refractivity contribution < 1.29 is 17.9 Å². The average Bonchev–Trinajstić information content (AvgIpc) is 2.83. The molecule has 1 atom stereocenters. The van der Waals surface area contributed by atoms with Crippen molar-refractivity contribution in [3.63, 3.8) is 0 Å². The maximum atomic E-state index is 13.9. The molecule has 0 spiro atoms. The number of nitrogens with two attached hydrogens (primary N) is 1. The Morgan fingerprint density at radius 3 is 2.71 bits per heavy atom. The Hall–Kier alpha value is -1.38. The zero-order valence-electron chi connectivity index (χ0n) is 11.1. The van der Waals surface area contributed by atoms with E-state index in [1.807, 2.05) is 0 Å². The lowest BCUT2D eigenvalue weighted by Gasteiger charge is -2.16. The van der Waals surface area contributed by atoms with Gasteiger partial charge in [-0.3, -0.25) is 4.68 Å². The van der Waals surface area contributed by atoms with Crippen LogP contribution in [0.3, 0.4) is 0 Å². The number of hydrogen-bond acceptors (Lipinski definition) is 3. The number of rotatable bonds is 5. The number of hydrogen-bond donors (Lipinski definition) is 1. The van der Waals surface area contributed by atoms with Gasteiger partial charge in [0.05, 0.1) is 35.6 Å². The van der Waals surface area contributed by atoms with Crippen molar-refractivity contribution in [3.05, 3.63) is 51.5 Å². The lowest BCUT2D eigenvalue weighted by Crippen LogP contribution is -2.21. The zero-order chi connectivity index (χ0) is 15.6. The minimum absolute atomic E-state index is 0.145. The number of benzene rings is 1. The Morgan fingerprint density at radius 1 is 1.33 bits per heavy atom. The van der Waals surface area contributed by atoms with Crippen molar-refractivity contribution in [2.24, 2.45) is 5.73 Å². The van der Waals surface area contributed by atoms with E-state index in [1.165, 1.54) is 18.0 Å². The van der Waals surface area contributed by atoms with Gasteiger partial charge in [0.1, 0.15) is 0 Å². The van der Waals surface area contributed by atoms with Crippen LogP contribution in [0, 0.1) is 17.5 Å². The van der Waals surface area contributed by atoms with Gasteiger partial charge in [-0.05, 0) is 22.0 Å². The topological polar surface area (TPSA) is 53.1 Å². The molecule has 21 heavy (non-hydrogen) atoms. The first-order valence-electron chi connectivity index (χ1n) is 6.06. The highest BCUT2D eigenvalue weighted by Crippen LogP contribution is 2.29. The molecule has 0 bridgehead atoms. The van der Waals surface area contributed by atoms with Gasteiger partial charge in [-0.2, -0.15) is 5.10 Å². The van der Waals surface area contributed by atoms with Crippen LogP contribution in [0.4, 0.5) is 13.2 Å². The van der Waals surface area contributed by atoms with Crippen LogP contribution in [0.15, 0.2) is 22.8 Å². The van der Waals surface area contributed by atoms with E-state index in [0.29, 0.717) is 23.3 Å². The van der Waals surface area contributed by atoms with Gasteiger partial charge in [-0.1, -0.05) is 6.07 Å². The molecule has 4 nitrogen and oxygen atoms in total. The molecular formula is C13H13BrF3N3O. The van der Waals surface area contributed by atoms with E-state index in [0.717, 1.165) is 12.1 Å². The standard InChI is InChI=1S/C13H13BrF3N3O/c1-21-5-4-20-13(8(14)6-19-20)12(18)7-2-3-9(15)11(17)10(7)16/h2-3,6,12H,4-5,18H2,1H3. The molecule has 0 aliphatic carbocycles. The van der Waals surface area contributed by atoms with Gasteiger partial charge >= 0.3 is 0 Å². The minimum atomic E-state index is -1.54. The van der Waals surface area contributed by atoms with E-state index in [1.54, 1.807) is 0 Å². The van der Waals surface area contributed by atoms with E-state index in [9.17, 15) is 13.2 Å². The molecule has 114 valence electrons. The summed E-state index contributed by atoms with van der Waals surface area (Å²) in [7, 11) is 1.53. The second-order valence-corrected chi connectivity index (χ2v) is 5.19. The molecule has 1 aromatic heterocycles. The predicted molar refractivity (Wildman–Crippen MR) is 74.1 cm³/mol. The molecule has 0 aliphatic heterocycles. The van der Waals surface area contributed by atoms with Crippen LogP contribution in [0.5, 0.6) is 0 Å². The van der Waals surface area contributed by atoms with Crippen LogP contribution in [0.25, 0.3) is 0 Å². The highest BCUT2D eigenvalue weighted by Gasteiger charge is 2.24. The smallest absolute Gasteiger partial charge is 0.194 e. The molecule has 0 saturated heterocycles. The maximum Gasteiger partial charge on any atom is 0.194 e. The Labute approximate surface area is 127 Å². The minimum Gasteiger partial charge on any atom is -0.383 e. The lowest BCUT2D eigenvalue weighted by atomic mass is 10.0. The molecule has 2 N–H and O–H groups in total. The molecule has 0 radical (unpaired) electrons. The highest BCUT2D eigenvalue weighted by molar-refractivity contribution is 9.10. The molecule has 0 saturated carbocycles. The molecule has 0 aliphatic rings. The number of ether oxygens (including phenoxy) is 1. The fraction of sp³-hybridized carbons (Fsp3) is 0.308. The summed E-state index contributed by atoms with van der Waals surface area (Å²) in [5, 5.41) is 4.09. The Kier molecular flexibility index (Phi) is 5.02. The molecule has 8 heteroatoms. The molecule has 2 rings (SSSR count). The summed E-state index contributed by atoms with van der Waals surface area (Å²) < 4.78 is 47.2. The molecule has 0 amide bonds. The third-order valence-electron chi connectivity index (χ3n) is 3.04. The van der Waals surface area contributed by atoms with E-state index in [4.69, 9.17) is 10.5 Å². The van der Waals surface area contributed by atoms with E-state index in [2.05, 4.69) is 21.0 Å². The summed E-state index contributed by atoms with van der Waals surface area (Å²) in [6, 6.07) is 0.976. The summed E-state index contributed by atoms with van der Waals surface area (Å²) in [5.41, 5.74) is 6.30. The first-order valence-corrected chi connectivity index (χ1v) is 6.85. The Morgan fingerprint density at radius 2 is 2.05 bits per heavy atom. The van der Waals surface area contributed by atoms with Crippen molar-refractivity contribution in [3.8, 4) is 0 Å². The summed E-state index contributed by atoms with van der Waals surface area (Å²) in [4.78, 5) is 0. The highest BCUT2D eigenvalue weighted by atomic mass is 79.9. The number of methoxy groups -OCH3 is 1. The first-order chi connectivity index (χ1) is 9.97. The Bertz CT molecular complexity index is 648. The van der Waals surface area contributed by atoms with Gasteiger partial charge in [-0.15, -0.1) is 0 Å². The summed E-state index contributed by atoms with van der Waals surface area (Å²) in [5.74, 6) is -4.09. The average molecular weight is 364 g/mol. The lowest BCUT2D eigenvalue weighted by molar-refractivity contribution is 0.182. The fourth-order valence-electron chi connectivity index (χ4n) is 1.97. The van der Waals surface area contributed by atoms with E-state index in [-0.39, 0.29) is 5.56 Å². The summed E-state index contributed by atoms with van der Waals surface area (Å²) in [6.45, 7) is 0.782. The predicted octanol–water partition coefficient (Wildman–Crippen LogP) is 2.76. The molecular weight excluding hydrogens is 351 g/mol. The van der Waals surface area contributed by atoms with Gasteiger partial charge in [0.15, 0.2) is 17.5 Å². The second-order valence-electron chi connectivity index (χ2n) is 4.34. The molecule has 1 heterocycles. The summed E-state index contributed by atoms with van der Waals surface area (Å²) >= 11 is 3.27. The Balaban J connectivity index is 2.43. The fourth-order valence-corrected chi connectivity index (χ4v) is 2.51. The van der Waals surface area contributed by atoms with Crippen LogP contribution >= 0.6 is 15.9 Å². The van der Waals surface area contributed by atoms with Crippen LogP contribution in [-0.2, 0) is 11.3 Å². The maximum absolute atomic E-state index is 13.9. The molecule has 1 unspecified atom stereocenters. The van der Waals surface area contributed by atoms with Gasteiger partial charge in [0, 0.05) is 12.7 Å². The van der Waals surface area contributed by atoms with Gasteiger partial charge < -0.3 is 10.5 Å². The first kappa shape index (κ1) is 16.0. The third kappa shape index (κ3) is 3.12. The SMILES string of the molecule is COCCn1ncc(Br)c1C(N)c1ccc(F)c(F)c1F. The van der Waals surface area contributed by atoms with Crippen molar-refractivity contribution >= 4 is 15.9 Å². The van der Waals surface area contributed by atoms with Gasteiger partial charge in [0.2, 0.25) is 0 Å². The quantitative estimate of drug-likeness (QED) is 0.831. The number of aromatic nitrogens is 2. The van der Waals surface area contributed by atoms with Crippen LogP contribution < -0.4 is 5.73 Å². The van der Waals surface area contributed by atoms with Gasteiger partial charge in [0.25, 0.3) is 0 Å². The van der Waals surface area contributed by atoms with Crippen LogP contribution in [0.1, 0.15) is 17.3 Å². The largest absolute Gasteiger partial charge is 0.383 e. The third-order valence-corrected chi connectivity index (χ3v) is 3.65. The summed E-state index contributed by atoms with van der Waals surface area (Å²) in [6.07, 6.45) is 1.50. The molecule has 1 aromatic carbocycles. The van der Waals surface area contributed by atoms with Crippen molar-refractivity contribution in [1.29, 1.82) is 0 Å². The van der Waals surface area contributed by atoms with Crippen LogP contribution in [0.2, 0.25) is 0 Å². The van der Waals surface area contributed by atoms with Crippen molar-refractivity contribution in [2.45, 2.75) is 12.6 Å². The monoisotopic (exact) mass is 363 g/mol. The van der Waals surface area contributed by atoms with Gasteiger partial charge in [-0.25, -0.2) is 13.2 Å². The number of halogens is 4.